The van der Waals surface area contributed by atoms with E-state index in [0.717, 1.165) is 0 Å². The molecule has 0 aliphatic heterocycles. The van der Waals surface area contributed by atoms with E-state index in [4.69, 9.17) is 21.4 Å². The van der Waals surface area contributed by atoms with Gasteiger partial charge in [-0.05, 0) is 35.9 Å². The maximum absolute atomic E-state index is 13.3. The number of ether oxygens (including phenoxy) is 1. The summed E-state index contributed by atoms with van der Waals surface area (Å²) in [6.45, 7) is 0. The van der Waals surface area contributed by atoms with Gasteiger partial charge in [0.25, 0.3) is 0 Å². The van der Waals surface area contributed by atoms with Crippen LogP contribution in [0.3, 0.4) is 0 Å². The molecule has 2 nitrogen and oxygen atoms in total. The maximum atomic E-state index is 13.3. The van der Waals surface area contributed by atoms with Crippen LogP contribution in [0.15, 0.2) is 36.4 Å². The fraction of sp³-hybridized carbons (Fsp3) is 0.0769. The quantitative estimate of drug-likeness (QED) is 0.879. The predicted molar refractivity (Wildman–Crippen MR) is 65.1 cm³/mol. The van der Waals surface area contributed by atoms with Gasteiger partial charge in [-0.1, -0.05) is 17.7 Å². The highest BCUT2D eigenvalue weighted by atomic mass is 35.5. The molecule has 1 N–H and O–H groups in total. The number of methoxy groups -OCH3 is 1. The fourth-order valence-corrected chi connectivity index (χ4v) is 1.75. The Morgan fingerprint density at radius 3 is 2.59 bits per heavy atom. The van der Waals surface area contributed by atoms with Crippen molar-refractivity contribution in [3.8, 4) is 22.6 Å². The molecule has 2 rings (SSSR count). The second-order valence-electron chi connectivity index (χ2n) is 3.51. The molecule has 0 aliphatic carbocycles. The van der Waals surface area contributed by atoms with E-state index in [2.05, 4.69) is 0 Å². The van der Waals surface area contributed by atoms with Crippen LogP contribution in [0.25, 0.3) is 11.1 Å². The first-order valence-electron chi connectivity index (χ1n) is 4.94. The van der Waals surface area contributed by atoms with Crippen molar-refractivity contribution in [1.82, 2.24) is 0 Å². The van der Waals surface area contributed by atoms with Crippen molar-refractivity contribution >= 4 is 11.6 Å². The molecule has 0 heterocycles. The molecule has 0 aliphatic rings. The third-order valence-corrected chi connectivity index (χ3v) is 2.66. The van der Waals surface area contributed by atoms with Crippen molar-refractivity contribution < 1.29 is 14.2 Å². The third kappa shape index (κ3) is 2.34. The SMILES string of the molecule is COc1ccc(Cl)cc1-c1ccc(O)c(F)c1. The smallest absolute Gasteiger partial charge is 0.165 e. The van der Waals surface area contributed by atoms with E-state index in [-0.39, 0.29) is 5.75 Å². The van der Waals surface area contributed by atoms with Gasteiger partial charge in [-0.25, -0.2) is 4.39 Å². The standard InChI is InChI=1S/C13H10ClFO2/c1-17-13-5-3-9(14)7-10(13)8-2-4-12(16)11(15)6-8/h2-7,16H,1H3. The zero-order valence-corrected chi connectivity index (χ0v) is 9.83. The molecule has 0 saturated heterocycles. The Morgan fingerprint density at radius 1 is 1.18 bits per heavy atom. The molecule has 88 valence electrons. The Kier molecular flexibility index (Phi) is 3.20. The molecular weight excluding hydrogens is 243 g/mol. The second kappa shape index (κ2) is 4.63. The number of benzene rings is 2. The Hall–Kier alpha value is -1.74. The van der Waals surface area contributed by atoms with E-state index in [1.54, 1.807) is 24.3 Å². The van der Waals surface area contributed by atoms with Gasteiger partial charge in [0, 0.05) is 10.6 Å². The number of phenols is 1. The van der Waals surface area contributed by atoms with Crippen molar-refractivity contribution in [1.29, 1.82) is 0 Å². The molecule has 0 bridgehead atoms. The first-order valence-corrected chi connectivity index (χ1v) is 5.32. The van der Waals surface area contributed by atoms with Crippen LogP contribution < -0.4 is 4.74 Å². The lowest BCUT2D eigenvalue weighted by molar-refractivity contribution is 0.416. The summed E-state index contributed by atoms with van der Waals surface area (Å²) >= 11 is 5.90. The number of phenolic OH excluding ortho intramolecular Hbond substituents is 1. The van der Waals surface area contributed by atoms with Crippen LogP contribution in [-0.4, -0.2) is 12.2 Å². The molecule has 0 fully saturated rings. The minimum absolute atomic E-state index is 0.380. The number of halogens is 2. The van der Waals surface area contributed by atoms with E-state index >= 15 is 0 Å². The van der Waals surface area contributed by atoms with Gasteiger partial charge >= 0.3 is 0 Å². The largest absolute Gasteiger partial charge is 0.505 e. The average molecular weight is 253 g/mol. The molecule has 0 saturated carbocycles. The molecule has 0 radical (unpaired) electrons. The van der Waals surface area contributed by atoms with Crippen molar-refractivity contribution in [3.05, 3.63) is 47.2 Å². The van der Waals surface area contributed by atoms with Crippen LogP contribution in [0.5, 0.6) is 11.5 Å². The number of hydrogen-bond acceptors (Lipinski definition) is 2. The van der Waals surface area contributed by atoms with Crippen molar-refractivity contribution in [2.75, 3.05) is 7.11 Å². The van der Waals surface area contributed by atoms with Gasteiger partial charge in [-0.15, -0.1) is 0 Å². The molecule has 0 unspecified atom stereocenters. The monoisotopic (exact) mass is 252 g/mol. The molecular formula is C13H10ClFO2. The van der Waals surface area contributed by atoms with E-state index in [0.29, 0.717) is 21.9 Å². The Morgan fingerprint density at radius 2 is 1.94 bits per heavy atom. The number of aromatic hydroxyl groups is 1. The molecule has 0 aromatic heterocycles. The van der Waals surface area contributed by atoms with E-state index < -0.39 is 5.82 Å². The fourth-order valence-electron chi connectivity index (χ4n) is 1.58. The van der Waals surface area contributed by atoms with Gasteiger partial charge in [-0.2, -0.15) is 0 Å². The van der Waals surface area contributed by atoms with Gasteiger partial charge < -0.3 is 9.84 Å². The number of hydrogen-bond donors (Lipinski definition) is 1. The normalized spacial score (nSPS) is 10.3. The first-order chi connectivity index (χ1) is 8.11. The van der Waals surface area contributed by atoms with Crippen molar-refractivity contribution in [2.45, 2.75) is 0 Å². The Balaban J connectivity index is 2.58. The minimum Gasteiger partial charge on any atom is -0.505 e. The lowest BCUT2D eigenvalue weighted by atomic mass is 10.0. The highest BCUT2D eigenvalue weighted by molar-refractivity contribution is 6.31. The van der Waals surface area contributed by atoms with Crippen LogP contribution >= 0.6 is 11.6 Å². The summed E-state index contributed by atoms with van der Waals surface area (Å²) in [6, 6.07) is 9.23. The van der Waals surface area contributed by atoms with Gasteiger partial charge in [0.05, 0.1) is 7.11 Å². The molecule has 2 aromatic rings. The summed E-state index contributed by atoms with van der Waals surface area (Å²) < 4.78 is 18.5. The van der Waals surface area contributed by atoms with Crippen molar-refractivity contribution in [2.24, 2.45) is 0 Å². The molecule has 0 amide bonds. The Bertz CT molecular complexity index is 555. The Labute approximate surface area is 103 Å². The maximum Gasteiger partial charge on any atom is 0.165 e. The topological polar surface area (TPSA) is 29.5 Å². The molecule has 4 heteroatoms. The summed E-state index contributed by atoms with van der Waals surface area (Å²) in [7, 11) is 1.53. The lowest BCUT2D eigenvalue weighted by Gasteiger charge is -2.09. The molecule has 17 heavy (non-hydrogen) atoms. The van der Waals surface area contributed by atoms with Gasteiger partial charge in [-0.3, -0.25) is 0 Å². The van der Waals surface area contributed by atoms with E-state index in [1.165, 1.54) is 19.2 Å². The third-order valence-electron chi connectivity index (χ3n) is 2.42. The van der Waals surface area contributed by atoms with Crippen molar-refractivity contribution in [3.63, 3.8) is 0 Å². The van der Waals surface area contributed by atoms with E-state index in [9.17, 15) is 4.39 Å². The predicted octanol–water partition coefficient (Wildman–Crippen LogP) is 3.86. The van der Waals surface area contributed by atoms with E-state index in [1.807, 2.05) is 0 Å². The van der Waals surface area contributed by atoms with Crippen LogP contribution in [0.1, 0.15) is 0 Å². The van der Waals surface area contributed by atoms with Gasteiger partial charge in [0.2, 0.25) is 0 Å². The average Bonchev–Trinajstić information content (AvgIpc) is 2.32. The summed E-state index contributed by atoms with van der Waals surface area (Å²) in [5.41, 5.74) is 1.28. The van der Waals surface area contributed by atoms with Crippen LogP contribution in [0.2, 0.25) is 5.02 Å². The molecule has 0 spiro atoms. The van der Waals surface area contributed by atoms with Gasteiger partial charge in [0.15, 0.2) is 11.6 Å². The number of rotatable bonds is 2. The summed E-state index contributed by atoms with van der Waals surface area (Å²) in [5.74, 6) is -0.459. The second-order valence-corrected chi connectivity index (χ2v) is 3.95. The highest BCUT2D eigenvalue weighted by Crippen LogP contribution is 2.34. The summed E-state index contributed by atoms with van der Waals surface area (Å²) in [5, 5.41) is 9.68. The molecule has 2 aromatic carbocycles. The van der Waals surface area contributed by atoms with Crippen LogP contribution in [0, 0.1) is 5.82 Å². The first kappa shape index (κ1) is 11.7. The highest BCUT2D eigenvalue weighted by Gasteiger charge is 2.09. The minimum atomic E-state index is -0.676. The summed E-state index contributed by atoms with van der Waals surface area (Å²) in [4.78, 5) is 0. The summed E-state index contributed by atoms with van der Waals surface area (Å²) in [6.07, 6.45) is 0. The zero-order valence-electron chi connectivity index (χ0n) is 9.08. The zero-order chi connectivity index (χ0) is 12.4. The molecule has 0 atom stereocenters. The van der Waals surface area contributed by atoms with Crippen LogP contribution in [0.4, 0.5) is 4.39 Å². The lowest BCUT2D eigenvalue weighted by Crippen LogP contribution is -1.88. The van der Waals surface area contributed by atoms with Gasteiger partial charge in [0.1, 0.15) is 5.75 Å². The van der Waals surface area contributed by atoms with Crippen LogP contribution in [-0.2, 0) is 0 Å².